The van der Waals surface area contributed by atoms with Gasteiger partial charge < -0.3 is 10.1 Å². The van der Waals surface area contributed by atoms with Gasteiger partial charge in [0.1, 0.15) is 5.82 Å². The molecular weight excluding hydrogens is 327 g/mol. The van der Waals surface area contributed by atoms with Crippen LogP contribution in [0, 0.1) is 15.9 Å². The first kappa shape index (κ1) is 16.6. The van der Waals surface area contributed by atoms with Gasteiger partial charge in [-0.15, -0.1) is 0 Å². The van der Waals surface area contributed by atoms with Gasteiger partial charge in [-0.05, 0) is 28.5 Å². The van der Waals surface area contributed by atoms with E-state index in [1.54, 1.807) is 16.8 Å². The summed E-state index contributed by atoms with van der Waals surface area (Å²) >= 11 is 1.43. The summed E-state index contributed by atoms with van der Waals surface area (Å²) in [4.78, 5) is 33.1. The van der Waals surface area contributed by atoms with Crippen molar-refractivity contribution < 1.29 is 23.6 Å². The van der Waals surface area contributed by atoms with Crippen molar-refractivity contribution in [1.29, 1.82) is 0 Å². The van der Waals surface area contributed by atoms with E-state index in [4.69, 9.17) is 4.74 Å². The summed E-state index contributed by atoms with van der Waals surface area (Å²) in [5.41, 5.74) is 0.0550. The van der Waals surface area contributed by atoms with Crippen molar-refractivity contribution in [3.05, 3.63) is 56.5 Å². The number of nitro benzene ring substituents is 1. The number of carbonyl (C=O) groups excluding carboxylic acids is 2. The van der Waals surface area contributed by atoms with Crippen LogP contribution in [0.25, 0.3) is 0 Å². The summed E-state index contributed by atoms with van der Waals surface area (Å²) in [7, 11) is 0. The molecule has 0 bridgehead atoms. The van der Waals surface area contributed by atoms with Crippen LogP contribution in [0.1, 0.15) is 5.56 Å². The second-order valence-electron chi connectivity index (χ2n) is 4.44. The van der Waals surface area contributed by atoms with E-state index in [1.807, 2.05) is 0 Å². The minimum absolute atomic E-state index is 0.0297. The number of anilines is 1. The molecule has 0 saturated carbocycles. The number of ether oxygens (including phenoxy) is 1. The molecule has 2 rings (SSSR count). The van der Waals surface area contributed by atoms with Crippen LogP contribution in [0.2, 0.25) is 0 Å². The first-order valence-electron chi connectivity index (χ1n) is 6.36. The number of rotatable bonds is 6. The molecule has 1 aromatic carbocycles. The zero-order valence-electron chi connectivity index (χ0n) is 11.7. The smallest absolute Gasteiger partial charge is 0.310 e. The van der Waals surface area contributed by atoms with Crippen LogP contribution in [-0.4, -0.2) is 23.4 Å². The highest BCUT2D eigenvalue weighted by Crippen LogP contribution is 2.21. The molecule has 0 radical (unpaired) electrons. The third kappa shape index (κ3) is 4.85. The molecule has 1 heterocycles. The van der Waals surface area contributed by atoms with Gasteiger partial charge in [0.25, 0.3) is 11.6 Å². The Morgan fingerprint density at radius 1 is 1.35 bits per heavy atom. The predicted octanol–water partition coefficient (Wildman–Crippen LogP) is 2.52. The molecule has 2 aromatic rings. The molecule has 7 nitrogen and oxygen atoms in total. The van der Waals surface area contributed by atoms with E-state index in [9.17, 15) is 24.1 Å². The lowest BCUT2D eigenvalue weighted by Gasteiger charge is -2.07. The van der Waals surface area contributed by atoms with Gasteiger partial charge in [-0.25, -0.2) is 4.39 Å². The number of esters is 1. The molecule has 0 spiro atoms. The minimum atomic E-state index is -0.825. The van der Waals surface area contributed by atoms with E-state index in [-0.39, 0.29) is 17.8 Å². The van der Waals surface area contributed by atoms with Crippen molar-refractivity contribution in [2.24, 2.45) is 0 Å². The number of nitrogens with zero attached hydrogens (tertiary/aromatic N) is 1. The molecule has 0 unspecified atom stereocenters. The van der Waals surface area contributed by atoms with Crippen molar-refractivity contribution in [3.8, 4) is 0 Å². The second kappa shape index (κ2) is 7.45. The Balaban J connectivity index is 1.88. The fraction of sp³-hybridized carbons (Fsp3) is 0.143. The molecule has 9 heteroatoms. The molecular formula is C14H11FN2O5S. The van der Waals surface area contributed by atoms with Crippen molar-refractivity contribution in [3.63, 3.8) is 0 Å². The highest BCUT2D eigenvalue weighted by atomic mass is 32.1. The van der Waals surface area contributed by atoms with Crippen LogP contribution >= 0.6 is 11.3 Å². The number of halogens is 1. The van der Waals surface area contributed by atoms with Crippen LogP contribution < -0.4 is 5.32 Å². The van der Waals surface area contributed by atoms with Crippen LogP contribution in [0.3, 0.4) is 0 Å². The van der Waals surface area contributed by atoms with E-state index in [0.29, 0.717) is 0 Å². The highest BCUT2D eigenvalue weighted by molar-refractivity contribution is 7.07. The number of hydrogen-bond donors (Lipinski definition) is 1. The van der Waals surface area contributed by atoms with Crippen molar-refractivity contribution in [2.45, 2.75) is 6.42 Å². The summed E-state index contributed by atoms with van der Waals surface area (Å²) < 4.78 is 18.3. The summed E-state index contributed by atoms with van der Waals surface area (Å²) in [5, 5.41) is 16.3. The predicted molar refractivity (Wildman–Crippen MR) is 80.7 cm³/mol. The number of non-ortho nitro benzene ring substituents is 1. The number of thiophene rings is 1. The SMILES string of the molecule is O=C(COC(=O)Cc1ccsc1)Nc1cc([N+](=O)[O-])ccc1F. The normalized spacial score (nSPS) is 10.1. The third-order valence-electron chi connectivity index (χ3n) is 2.73. The van der Waals surface area contributed by atoms with Crippen LogP contribution in [0.15, 0.2) is 35.0 Å². The van der Waals surface area contributed by atoms with Gasteiger partial charge in [-0.3, -0.25) is 19.7 Å². The van der Waals surface area contributed by atoms with Gasteiger partial charge in [-0.2, -0.15) is 11.3 Å². The van der Waals surface area contributed by atoms with Crippen LogP contribution in [-0.2, 0) is 20.7 Å². The van der Waals surface area contributed by atoms with Crippen molar-refractivity contribution in [1.82, 2.24) is 0 Å². The molecule has 1 N–H and O–H groups in total. The topological polar surface area (TPSA) is 98.5 Å². The first-order chi connectivity index (χ1) is 11.0. The van der Waals surface area contributed by atoms with Gasteiger partial charge in [0, 0.05) is 12.1 Å². The first-order valence-corrected chi connectivity index (χ1v) is 7.30. The Morgan fingerprint density at radius 3 is 2.78 bits per heavy atom. The average molecular weight is 338 g/mol. The monoisotopic (exact) mass is 338 g/mol. The van der Waals surface area contributed by atoms with E-state index >= 15 is 0 Å². The Bertz CT molecular complexity index is 733. The number of benzene rings is 1. The zero-order chi connectivity index (χ0) is 16.8. The molecule has 0 aliphatic carbocycles. The summed E-state index contributed by atoms with van der Waals surface area (Å²) in [6.45, 7) is -0.606. The lowest BCUT2D eigenvalue weighted by Crippen LogP contribution is -2.22. The average Bonchev–Trinajstić information content (AvgIpc) is 3.00. The second-order valence-corrected chi connectivity index (χ2v) is 5.22. The number of hydrogen-bond acceptors (Lipinski definition) is 6. The molecule has 120 valence electrons. The van der Waals surface area contributed by atoms with Crippen LogP contribution in [0.5, 0.6) is 0 Å². The Morgan fingerprint density at radius 2 is 2.13 bits per heavy atom. The molecule has 0 fully saturated rings. The molecule has 23 heavy (non-hydrogen) atoms. The van der Waals surface area contributed by atoms with Gasteiger partial charge in [0.05, 0.1) is 17.0 Å². The lowest BCUT2D eigenvalue weighted by atomic mass is 10.2. The fourth-order valence-electron chi connectivity index (χ4n) is 1.67. The quantitative estimate of drug-likeness (QED) is 0.496. The maximum atomic E-state index is 13.5. The molecule has 0 aliphatic rings. The molecule has 0 aliphatic heterocycles. The zero-order valence-corrected chi connectivity index (χ0v) is 12.5. The lowest BCUT2D eigenvalue weighted by molar-refractivity contribution is -0.384. The van der Waals surface area contributed by atoms with E-state index in [2.05, 4.69) is 5.32 Å². The van der Waals surface area contributed by atoms with Gasteiger partial charge in [0.2, 0.25) is 0 Å². The van der Waals surface area contributed by atoms with Gasteiger partial charge >= 0.3 is 5.97 Å². The number of nitro groups is 1. The van der Waals surface area contributed by atoms with Gasteiger partial charge in [0.15, 0.2) is 6.61 Å². The summed E-state index contributed by atoms with van der Waals surface area (Å²) in [6, 6.07) is 4.49. The number of amides is 1. The van der Waals surface area contributed by atoms with Crippen molar-refractivity contribution >= 4 is 34.6 Å². The molecule has 1 amide bonds. The summed E-state index contributed by atoms with van der Waals surface area (Å²) in [6.07, 6.45) is 0.0297. The molecule has 1 aromatic heterocycles. The van der Waals surface area contributed by atoms with Gasteiger partial charge in [-0.1, -0.05) is 0 Å². The van der Waals surface area contributed by atoms with E-state index in [1.165, 1.54) is 11.3 Å². The van der Waals surface area contributed by atoms with E-state index < -0.39 is 29.2 Å². The largest absolute Gasteiger partial charge is 0.455 e. The standard InChI is InChI=1S/C14H11FN2O5S/c15-11-2-1-10(17(20)21)6-12(11)16-13(18)7-22-14(19)5-9-3-4-23-8-9/h1-4,6,8H,5,7H2,(H,16,18). The minimum Gasteiger partial charge on any atom is -0.455 e. The number of nitrogens with one attached hydrogen (secondary N) is 1. The fourth-order valence-corrected chi connectivity index (χ4v) is 2.33. The van der Waals surface area contributed by atoms with Crippen LogP contribution in [0.4, 0.5) is 15.8 Å². The maximum Gasteiger partial charge on any atom is 0.310 e. The molecule has 0 atom stereocenters. The highest BCUT2D eigenvalue weighted by Gasteiger charge is 2.14. The van der Waals surface area contributed by atoms with Crippen molar-refractivity contribution in [2.75, 3.05) is 11.9 Å². The Kier molecular flexibility index (Phi) is 5.36. The third-order valence-corrected chi connectivity index (χ3v) is 3.46. The number of carbonyl (C=O) groups is 2. The Labute approximate surface area is 133 Å². The van der Waals surface area contributed by atoms with E-state index in [0.717, 1.165) is 23.8 Å². The Hall–Kier alpha value is -2.81. The summed E-state index contributed by atoms with van der Waals surface area (Å²) in [5.74, 6) is -2.21. The molecule has 0 saturated heterocycles. The maximum absolute atomic E-state index is 13.5.